The lowest BCUT2D eigenvalue weighted by atomic mass is 9.84. The number of rotatable bonds is 15. The Morgan fingerprint density at radius 1 is 0.776 bits per heavy atom. The highest BCUT2D eigenvalue weighted by atomic mass is 19.3. The number of hydrogen-bond acceptors (Lipinski definition) is 5. The first-order chi connectivity index (χ1) is 27.6. The summed E-state index contributed by atoms with van der Waals surface area (Å²) in [7, 11) is 0. The molecule has 5 aromatic carbocycles. The third kappa shape index (κ3) is 7.98. The highest BCUT2D eigenvalue weighted by Crippen LogP contribution is 2.40. The Bertz CT molecular complexity index is 2540. The van der Waals surface area contributed by atoms with Gasteiger partial charge in [0, 0.05) is 57.4 Å². The minimum Gasteiger partial charge on any atom is -0.486 e. The number of halogens is 4. The molecule has 0 amide bonds. The first-order valence-electron chi connectivity index (χ1n) is 19.8. The van der Waals surface area contributed by atoms with Crippen molar-refractivity contribution in [3.63, 3.8) is 0 Å². The van der Waals surface area contributed by atoms with E-state index in [0.717, 1.165) is 92.6 Å². The molecule has 1 aromatic heterocycles. The Balaban J connectivity index is 1.65. The Labute approximate surface area is 336 Å². The molecule has 58 heavy (non-hydrogen) atoms. The van der Waals surface area contributed by atoms with Crippen molar-refractivity contribution in [1.82, 2.24) is 4.57 Å². The lowest BCUT2D eigenvalue weighted by Gasteiger charge is -2.20. The average molecular weight is 795 g/mol. The number of alkyl halides is 4. The molecule has 6 rings (SSSR count). The fraction of sp³-hybridized carbons (Fsp3) is 0.354. The van der Waals surface area contributed by atoms with Crippen LogP contribution in [0.3, 0.4) is 0 Å². The third-order valence-corrected chi connectivity index (χ3v) is 11.7. The third-order valence-electron chi connectivity index (χ3n) is 11.7. The number of carbonyl (C=O) groups excluding carboxylic acids is 2. The number of ketones is 1. The van der Waals surface area contributed by atoms with Gasteiger partial charge < -0.3 is 14.1 Å². The van der Waals surface area contributed by atoms with Gasteiger partial charge in [-0.05, 0) is 110 Å². The molecule has 304 valence electrons. The molecule has 0 bridgehead atoms. The second-order valence-corrected chi connectivity index (χ2v) is 15.3. The van der Waals surface area contributed by atoms with E-state index in [-0.39, 0.29) is 22.8 Å². The maximum Gasteiger partial charge on any atom is 0.340 e. The normalized spacial score (nSPS) is 12.9. The fourth-order valence-corrected chi connectivity index (χ4v) is 8.03. The van der Waals surface area contributed by atoms with Crippen molar-refractivity contribution in [3.05, 3.63) is 123 Å². The van der Waals surface area contributed by atoms with Gasteiger partial charge in [-0.25, -0.2) is 13.6 Å². The molecule has 0 saturated heterocycles. The van der Waals surface area contributed by atoms with Crippen LogP contribution in [0.25, 0.3) is 32.6 Å². The summed E-state index contributed by atoms with van der Waals surface area (Å²) in [5, 5.41) is 7.54. The quantitative estimate of drug-likeness (QED) is 0.0341. The van der Waals surface area contributed by atoms with Crippen LogP contribution in [-0.2, 0) is 16.2 Å². The Hall–Kier alpha value is -5.51. The van der Waals surface area contributed by atoms with E-state index in [4.69, 9.17) is 9.57 Å². The van der Waals surface area contributed by atoms with Crippen molar-refractivity contribution < 1.29 is 36.7 Å². The van der Waals surface area contributed by atoms with E-state index >= 15 is 0 Å². The van der Waals surface area contributed by atoms with Gasteiger partial charge in [-0.2, -0.15) is 8.78 Å². The largest absolute Gasteiger partial charge is 0.486 e. The van der Waals surface area contributed by atoms with E-state index in [1.165, 1.54) is 25.1 Å². The molecule has 10 heteroatoms. The molecule has 1 unspecified atom stereocenters. The summed E-state index contributed by atoms with van der Waals surface area (Å²) in [6.07, 6.45) is 0.259. The molecular weight excluding hydrogens is 745 g/mol. The molecule has 0 aliphatic heterocycles. The van der Waals surface area contributed by atoms with Crippen LogP contribution in [0.4, 0.5) is 17.6 Å². The van der Waals surface area contributed by atoms with Crippen LogP contribution in [-0.4, -0.2) is 41.0 Å². The van der Waals surface area contributed by atoms with Gasteiger partial charge in [0.25, 0.3) is 0 Å². The van der Waals surface area contributed by atoms with Crippen molar-refractivity contribution in [3.8, 4) is 5.75 Å². The summed E-state index contributed by atoms with van der Waals surface area (Å²) in [5.41, 5.74) is 9.00. The number of para-hydroxylation sites is 1. The Morgan fingerprint density at radius 3 is 2.05 bits per heavy atom. The van der Waals surface area contributed by atoms with E-state index in [0.29, 0.717) is 22.6 Å². The van der Waals surface area contributed by atoms with Crippen LogP contribution in [0.1, 0.15) is 101 Å². The molecule has 1 heterocycles. The van der Waals surface area contributed by atoms with E-state index in [1.807, 2.05) is 50.2 Å². The van der Waals surface area contributed by atoms with Gasteiger partial charge in [0.05, 0.1) is 5.52 Å². The molecule has 1 atom stereocenters. The first-order valence-corrected chi connectivity index (χ1v) is 19.8. The van der Waals surface area contributed by atoms with Crippen molar-refractivity contribution in [1.29, 1.82) is 0 Å². The molecule has 0 spiro atoms. The molecule has 0 aliphatic rings. The van der Waals surface area contributed by atoms with Crippen LogP contribution >= 0.6 is 0 Å². The summed E-state index contributed by atoms with van der Waals surface area (Å²) in [6.45, 7) is 14.9. The highest BCUT2D eigenvalue weighted by molar-refractivity contribution is 6.27. The lowest BCUT2D eigenvalue weighted by molar-refractivity contribution is -0.148. The second-order valence-electron chi connectivity index (χ2n) is 15.3. The van der Waals surface area contributed by atoms with Gasteiger partial charge in [0.15, 0.2) is 12.4 Å². The highest BCUT2D eigenvalue weighted by Gasteiger charge is 2.42. The zero-order chi connectivity index (χ0) is 42.1. The number of nitrogens with zero attached hydrogens (tertiary/aromatic N) is 2. The standard InChI is InChI=1S/C48H50F4N2O4/c1-9-11-16-33(10-2)25-54-41-22-21-34(44(53-58-32(8)55)37-19-14-15-20-42(37)57-26-48(51,52)47(49)50)23-38(41)39-24-40(35-17-12-13-18-36(35)45(39)54)46(56)43-30(6)28(4)27(3)29(5)31(43)7/h12-15,17-24,33,47H,9-11,16,25-26H2,1-8H3/b53-44-. The number of fused-ring (bicyclic) bond motifs is 5. The molecule has 0 saturated carbocycles. The smallest absolute Gasteiger partial charge is 0.340 e. The fourth-order valence-electron chi connectivity index (χ4n) is 8.03. The maximum absolute atomic E-state index is 15.0. The van der Waals surface area contributed by atoms with Crippen LogP contribution in [0.15, 0.2) is 78.0 Å². The molecule has 0 radical (unpaired) electrons. The first kappa shape index (κ1) is 42.1. The summed E-state index contributed by atoms with van der Waals surface area (Å²) in [4.78, 5) is 32.2. The second kappa shape index (κ2) is 17.1. The van der Waals surface area contributed by atoms with E-state index in [1.54, 1.807) is 12.1 Å². The van der Waals surface area contributed by atoms with Crippen LogP contribution in [0, 0.1) is 40.5 Å². The monoisotopic (exact) mass is 794 g/mol. The minimum atomic E-state index is -4.40. The van der Waals surface area contributed by atoms with Gasteiger partial charge in [0.1, 0.15) is 11.5 Å². The Morgan fingerprint density at radius 2 is 1.41 bits per heavy atom. The summed E-state index contributed by atoms with van der Waals surface area (Å²) >= 11 is 0. The van der Waals surface area contributed by atoms with Crippen molar-refractivity contribution in [2.24, 2.45) is 11.1 Å². The number of ether oxygens (including phenoxy) is 1. The number of hydrogen-bond donors (Lipinski definition) is 0. The van der Waals surface area contributed by atoms with E-state index < -0.39 is 24.9 Å². The Kier molecular flexibility index (Phi) is 12.4. The van der Waals surface area contributed by atoms with Gasteiger partial charge >= 0.3 is 18.3 Å². The zero-order valence-electron chi connectivity index (χ0n) is 34.4. The summed E-state index contributed by atoms with van der Waals surface area (Å²) in [6, 6.07) is 21.6. The molecule has 6 aromatic rings. The van der Waals surface area contributed by atoms with E-state index in [2.05, 4.69) is 50.4 Å². The predicted molar refractivity (Wildman–Crippen MR) is 224 cm³/mol. The van der Waals surface area contributed by atoms with Crippen molar-refractivity contribution in [2.75, 3.05) is 6.61 Å². The minimum absolute atomic E-state index is 0.0669. The SMILES string of the molecule is CCCCC(CC)Cn1c2ccc(/C(=N/OC(C)=O)c3ccccc3OCC(F)(F)C(F)F)cc2c2cc(C(=O)c3c(C)c(C)c(C)c(C)c3C)c3ccccc3c21. The topological polar surface area (TPSA) is 69.9 Å². The van der Waals surface area contributed by atoms with Crippen molar-refractivity contribution >= 4 is 50.0 Å². The van der Waals surface area contributed by atoms with Gasteiger partial charge in [-0.1, -0.05) is 80.7 Å². The molecule has 6 nitrogen and oxygen atoms in total. The van der Waals surface area contributed by atoms with Crippen LogP contribution in [0.5, 0.6) is 5.75 Å². The predicted octanol–water partition coefficient (Wildman–Crippen LogP) is 12.5. The number of aromatic nitrogens is 1. The van der Waals surface area contributed by atoms with Gasteiger partial charge in [0.2, 0.25) is 0 Å². The number of unbranched alkanes of at least 4 members (excludes halogenated alkanes) is 1. The number of benzene rings is 5. The molecule has 0 fully saturated rings. The van der Waals surface area contributed by atoms with Gasteiger partial charge in [-0.15, -0.1) is 0 Å². The van der Waals surface area contributed by atoms with Crippen LogP contribution < -0.4 is 4.74 Å². The summed E-state index contributed by atoms with van der Waals surface area (Å²) in [5.74, 6) is -4.98. The van der Waals surface area contributed by atoms with Crippen molar-refractivity contribution in [2.45, 2.75) is 100.0 Å². The molecular formula is C48H50F4N2O4. The van der Waals surface area contributed by atoms with Gasteiger partial charge in [-0.3, -0.25) is 4.79 Å². The average Bonchev–Trinajstić information content (AvgIpc) is 3.52. The number of carbonyl (C=O) groups is 2. The molecule has 0 N–H and O–H groups in total. The van der Waals surface area contributed by atoms with E-state index in [9.17, 15) is 27.2 Å². The summed E-state index contributed by atoms with van der Waals surface area (Å²) < 4.78 is 62.0. The molecule has 0 aliphatic carbocycles. The van der Waals surface area contributed by atoms with Crippen LogP contribution in [0.2, 0.25) is 0 Å². The zero-order valence-corrected chi connectivity index (χ0v) is 34.4. The lowest BCUT2D eigenvalue weighted by Crippen LogP contribution is -2.34. The number of oxime groups is 1. The maximum atomic E-state index is 15.0.